The SMILES string of the molecule is CCC(CC)NS(=O)(=O)CCC1CCCCN1. The third kappa shape index (κ3) is 5.84. The lowest BCUT2D eigenvalue weighted by molar-refractivity contribution is 0.392. The molecule has 1 aliphatic rings. The Balaban J connectivity index is 2.32. The first-order valence-electron chi connectivity index (χ1n) is 6.80. The lowest BCUT2D eigenvalue weighted by Crippen LogP contribution is -2.39. The molecule has 0 spiro atoms. The Morgan fingerprint density at radius 1 is 1.29 bits per heavy atom. The molecule has 0 aliphatic carbocycles. The Kier molecular flexibility index (Phi) is 6.44. The molecule has 0 saturated carbocycles. The van der Waals surface area contributed by atoms with Gasteiger partial charge in [0, 0.05) is 12.1 Å². The van der Waals surface area contributed by atoms with E-state index in [1.807, 2.05) is 13.8 Å². The van der Waals surface area contributed by atoms with Crippen molar-refractivity contribution >= 4 is 10.0 Å². The van der Waals surface area contributed by atoms with E-state index in [1.54, 1.807) is 0 Å². The van der Waals surface area contributed by atoms with Gasteiger partial charge < -0.3 is 5.32 Å². The first kappa shape index (κ1) is 14.9. The van der Waals surface area contributed by atoms with Gasteiger partial charge in [-0.25, -0.2) is 13.1 Å². The third-order valence-corrected chi connectivity index (χ3v) is 4.94. The molecule has 1 rings (SSSR count). The van der Waals surface area contributed by atoms with E-state index in [2.05, 4.69) is 10.0 Å². The summed E-state index contributed by atoms with van der Waals surface area (Å²) in [7, 11) is -3.09. The Bertz CT molecular complexity index is 294. The number of nitrogens with one attached hydrogen (secondary N) is 2. The molecule has 1 aliphatic heterocycles. The summed E-state index contributed by atoms with van der Waals surface area (Å²) in [5, 5.41) is 3.38. The summed E-state index contributed by atoms with van der Waals surface area (Å²) in [4.78, 5) is 0. The van der Waals surface area contributed by atoms with Crippen LogP contribution in [0.25, 0.3) is 0 Å². The Morgan fingerprint density at radius 3 is 2.53 bits per heavy atom. The zero-order chi connectivity index (χ0) is 12.7. The van der Waals surface area contributed by atoms with Crippen molar-refractivity contribution in [3.63, 3.8) is 0 Å². The zero-order valence-electron chi connectivity index (χ0n) is 11.0. The highest BCUT2D eigenvalue weighted by Gasteiger charge is 2.19. The summed E-state index contributed by atoms with van der Waals surface area (Å²) < 4.78 is 26.5. The lowest BCUT2D eigenvalue weighted by atomic mass is 10.0. The van der Waals surface area contributed by atoms with Crippen molar-refractivity contribution in [1.29, 1.82) is 0 Å². The maximum atomic E-state index is 11.9. The van der Waals surface area contributed by atoms with Crippen LogP contribution in [0.5, 0.6) is 0 Å². The number of sulfonamides is 1. The largest absolute Gasteiger partial charge is 0.314 e. The van der Waals surface area contributed by atoms with Crippen LogP contribution in [0.4, 0.5) is 0 Å². The first-order chi connectivity index (χ1) is 8.07. The fourth-order valence-corrected chi connectivity index (χ4v) is 3.79. The highest BCUT2D eigenvalue weighted by atomic mass is 32.2. The monoisotopic (exact) mass is 262 g/mol. The maximum Gasteiger partial charge on any atom is 0.211 e. The van der Waals surface area contributed by atoms with E-state index in [1.165, 1.54) is 12.8 Å². The van der Waals surface area contributed by atoms with Gasteiger partial charge >= 0.3 is 0 Å². The molecule has 1 fully saturated rings. The van der Waals surface area contributed by atoms with E-state index in [-0.39, 0.29) is 11.8 Å². The van der Waals surface area contributed by atoms with Gasteiger partial charge in [0.25, 0.3) is 0 Å². The normalized spacial score (nSPS) is 21.9. The highest BCUT2D eigenvalue weighted by Crippen LogP contribution is 2.11. The summed E-state index contributed by atoms with van der Waals surface area (Å²) >= 11 is 0. The van der Waals surface area contributed by atoms with Crippen LogP contribution in [-0.2, 0) is 10.0 Å². The molecule has 102 valence electrons. The molecule has 1 atom stereocenters. The van der Waals surface area contributed by atoms with Crippen molar-refractivity contribution in [2.24, 2.45) is 0 Å². The summed E-state index contributed by atoms with van der Waals surface area (Å²) in [6, 6.07) is 0.487. The van der Waals surface area contributed by atoms with Gasteiger partial charge in [0.05, 0.1) is 5.75 Å². The molecule has 17 heavy (non-hydrogen) atoms. The lowest BCUT2D eigenvalue weighted by Gasteiger charge is -2.23. The molecule has 0 aromatic heterocycles. The zero-order valence-corrected chi connectivity index (χ0v) is 11.9. The highest BCUT2D eigenvalue weighted by molar-refractivity contribution is 7.89. The molecule has 0 amide bonds. The van der Waals surface area contributed by atoms with Crippen molar-refractivity contribution in [3.8, 4) is 0 Å². The smallest absolute Gasteiger partial charge is 0.211 e. The Labute approximate surface area is 106 Å². The van der Waals surface area contributed by atoms with E-state index < -0.39 is 10.0 Å². The Morgan fingerprint density at radius 2 is 2.00 bits per heavy atom. The van der Waals surface area contributed by atoms with Crippen LogP contribution in [0, 0.1) is 0 Å². The van der Waals surface area contributed by atoms with Crippen LogP contribution in [-0.4, -0.2) is 32.8 Å². The molecule has 2 N–H and O–H groups in total. The average molecular weight is 262 g/mol. The van der Waals surface area contributed by atoms with Crippen molar-refractivity contribution in [2.75, 3.05) is 12.3 Å². The van der Waals surface area contributed by atoms with Gasteiger partial charge in [-0.05, 0) is 38.6 Å². The number of hydrogen-bond donors (Lipinski definition) is 2. The van der Waals surface area contributed by atoms with Gasteiger partial charge in [0.1, 0.15) is 0 Å². The predicted molar refractivity (Wildman–Crippen MR) is 71.6 cm³/mol. The van der Waals surface area contributed by atoms with Gasteiger partial charge in [-0.15, -0.1) is 0 Å². The molecule has 5 heteroatoms. The minimum absolute atomic E-state index is 0.0966. The third-order valence-electron chi connectivity index (χ3n) is 3.48. The standard InChI is InChI=1S/C12H26N2O2S/c1-3-11(4-2)14-17(15,16)10-8-12-7-5-6-9-13-12/h11-14H,3-10H2,1-2H3. The van der Waals surface area contributed by atoms with Crippen molar-refractivity contribution in [3.05, 3.63) is 0 Å². The van der Waals surface area contributed by atoms with Gasteiger partial charge in [0.2, 0.25) is 10.0 Å². The minimum Gasteiger partial charge on any atom is -0.314 e. The molecular weight excluding hydrogens is 236 g/mol. The van der Waals surface area contributed by atoms with E-state index >= 15 is 0 Å². The molecule has 0 aromatic rings. The molecule has 0 radical (unpaired) electrons. The fraction of sp³-hybridized carbons (Fsp3) is 1.00. The number of rotatable bonds is 7. The second-order valence-electron chi connectivity index (χ2n) is 4.89. The van der Waals surface area contributed by atoms with Crippen LogP contribution in [0.15, 0.2) is 0 Å². The first-order valence-corrected chi connectivity index (χ1v) is 8.46. The molecule has 1 unspecified atom stereocenters. The number of hydrogen-bond acceptors (Lipinski definition) is 3. The topological polar surface area (TPSA) is 58.2 Å². The maximum absolute atomic E-state index is 11.9. The second kappa shape index (κ2) is 7.34. The Hall–Kier alpha value is -0.130. The van der Waals surface area contributed by atoms with E-state index in [0.717, 1.165) is 32.2 Å². The van der Waals surface area contributed by atoms with Gasteiger partial charge in [-0.2, -0.15) is 0 Å². The van der Waals surface area contributed by atoms with Gasteiger partial charge in [-0.3, -0.25) is 0 Å². The molecule has 1 heterocycles. The van der Waals surface area contributed by atoms with Crippen LogP contribution in [0.3, 0.4) is 0 Å². The van der Waals surface area contributed by atoms with E-state index in [0.29, 0.717) is 6.04 Å². The fourth-order valence-electron chi connectivity index (χ4n) is 2.24. The van der Waals surface area contributed by atoms with E-state index in [4.69, 9.17) is 0 Å². The number of piperidine rings is 1. The quantitative estimate of drug-likeness (QED) is 0.733. The van der Waals surface area contributed by atoms with Gasteiger partial charge in [0.15, 0.2) is 0 Å². The summed E-state index contributed by atoms with van der Waals surface area (Å²) in [6.45, 7) is 5.06. The summed E-state index contributed by atoms with van der Waals surface area (Å²) in [6.07, 6.45) is 6.00. The van der Waals surface area contributed by atoms with Crippen LogP contribution in [0.1, 0.15) is 52.4 Å². The van der Waals surface area contributed by atoms with Crippen LogP contribution < -0.4 is 10.0 Å². The molecular formula is C12H26N2O2S. The summed E-state index contributed by atoms with van der Waals surface area (Å²) in [5.41, 5.74) is 0. The predicted octanol–water partition coefficient (Wildman–Crippen LogP) is 1.63. The molecule has 0 aromatic carbocycles. The van der Waals surface area contributed by atoms with Crippen molar-refractivity contribution in [2.45, 2.75) is 64.5 Å². The summed E-state index contributed by atoms with van der Waals surface area (Å²) in [5.74, 6) is 0.251. The van der Waals surface area contributed by atoms with E-state index in [9.17, 15) is 8.42 Å². The van der Waals surface area contributed by atoms with Crippen LogP contribution in [0.2, 0.25) is 0 Å². The van der Waals surface area contributed by atoms with Crippen molar-refractivity contribution in [1.82, 2.24) is 10.0 Å². The molecule has 1 saturated heterocycles. The second-order valence-corrected chi connectivity index (χ2v) is 6.76. The van der Waals surface area contributed by atoms with Crippen molar-refractivity contribution < 1.29 is 8.42 Å². The van der Waals surface area contributed by atoms with Gasteiger partial charge in [-0.1, -0.05) is 20.3 Å². The molecule has 4 nitrogen and oxygen atoms in total. The van der Waals surface area contributed by atoms with Crippen LogP contribution >= 0.6 is 0 Å². The minimum atomic E-state index is -3.09. The average Bonchev–Trinajstić information content (AvgIpc) is 2.35. The molecule has 0 bridgehead atoms.